The molecular formula is C23H25BrN4O. The Kier molecular flexibility index (Phi) is 5.54. The zero-order valence-electron chi connectivity index (χ0n) is 17.0. The van der Waals surface area contributed by atoms with Gasteiger partial charge in [0.2, 0.25) is 0 Å². The third kappa shape index (κ3) is 3.99. The van der Waals surface area contributed by atoms with Crippen molar-refractivity contribution in [3.05, 3.63) is 68.2 Å². The molecule has 3 aromatic rings. The molecule has 1 aromatic heterocycles. The average molecular weight is 453 g/mol. The van der Waals surface area contributed by atoms with Gasteiger partial charge < -0.3 is 4.90 Å². The Morgan fingerprint density at radius 1 is 1.14 bits per heavy atom. The van der Waals surface area contributed by atoms with Crippen LogP contribution in [0.2, 0.25) is 0 Å². The minimum atomic E-state index is -0.151. The molecule has 150 valence electrons. The lowest BCUT2D eigenvalue weighted by Gasteiger charge is -2.20. The summed E-state index contributed by atoms with van der Waals surface area (Å²) in [5.74, 6) is 0.735. The van der Waals surface area contributed by atoms with E-state index in [9.17, 15) is 4.79 Å². The first kappa shape index (κ1) is 19.8. The quantitative estimate of drug-likeness (QED) is 0.518. The minimum Gasteiger partial charge on any atom is -0.371 e. The molecule has 0 N–H and O–H groups in total. The summed E-state index contributed by atoms with van der Waals surface area (Å²) in [6, 6.07) is 11.9. The first-order valence-electron chi connectivity index (χ1n) is 10.1. The van der Waals surface area contributed by atoms with Crippen molar-refractivity contribution in [2.24, 2.45) is 5.10 Å². The molecule has 1 aliphatic rings. The number of hydrogen-bond donors (Lipinski definition) is 0. The first-order chi connectivity index (χ1) is 13.9. The highest BCUT2D eigenvalue weighted by atomic mass is 79.9. The predicted molar refractivity (Wildman–Crippen MR) is 123 cm³/mol. The maximum Gasteiger partial charge on any atom is 0.282 e. The van der Waals surface area contributed by atoms with Crippen LogP contribution in [-0.2, 0) is 0 Å². The second kappa shape index (κ2) is 8.11. The molecule has 0 aliphatic carbocycles. The van der Waals surface area contributed by atoms with Crippen molar-refractivity contribution in [2.75, 3.05) is 18.0 Å². The van der Waals surface area contributed by atoms with E-state index in [1.807, 2.05) is 26.0 Å². The molecule has 4 rings (SSSR count). The molecule has 0 radical (unpaired) electrons. The molecule has 0 atom stereocenters. The molecule has 0 saturated carbocycles. The van der Waals surface area contributed by atoms with Crippen molar-refractivity contribution in [1.29, 1.82) is 0 Å². The van der Waals surface area contributed by atoms with Crippen LogP contribution in [0.1, 0.15) is 49.6 Å². The van der Waals surface area contributed by atoms with Gasteiger partial charge in [0.25, 0.3) is 5.56 Å². The van der Waals surface area contributed by atoms with Gasteiger partial charge in [-0.25, -0.2) is 4.98 Å². The van der Waals surface area contributed by atoms with Gasteiger partial charge in [-0.3, -0.25) is 4.79 Å². The summed E-state index contributed by atoms with van der Waals surface area (Å²) in [4.78, 5) is 20.2. The predicted octanol–water partition coefficient (Wildman–Crippen LogP) is 5.07. The molecule has 6 heteroatoms. The largest absolute Gasteiger partial charge is 0.371 e. The number of nitrogens with zero attached hydrogens (tertiary/aromatic N) is 4. The van der Waals surface area contributed by atoms with Crippen LogP contribution in [0, 0.1) is 6.92 Å². The molecule has 2 aromatic carbocycles. The van der Waals surface area contributed by atoms with Crippen LogP contribution in [-0.4, -0.2) is 29.0 Å². The second-order valence-corrected chi connectivity index (χ2v) is 8.80. The molecule has 1 saturated heterocycles. The summed E-state index contributed by atoms with van der Waals surface area (Å²) in [5, 5.41) is 5.09. The lowest BCUT2D eigenvalue weighted by molar-refractivity contribution is 0.665. The van der Waals surface area contributed by atoms with Crippen LogP contribution < -0.4 is 10.5 Å². The molecule has 0 bridgehead atoms. The second-order valence-electron chi connectivity index (χ2n) is 7.89. The molecular weight excluding hydrogens is 428 g/mol. The maximum absolute atomic E-state index is 13.1. The number of anilines is 1. The van der Waals surface area contributed by atoms with E-state index in [4.69, 9.17) is 4.98 Å². The monoisotopic (exact) mass is 452 g/mol. The van der Waals surface area contributed by atoms with Crippen molar-refractivity contribution in [3.8, 4) is 0 Å². The maximum atomic E-state index is 13.1. The van der Waals surface area contributed by atoms with E-state index in [0.717, 1.165) is 23.1 Å². The zero-order chi connectivity index (χ0) is 20.5. The van der Waals surface area contributed by atoms with Gasteiger partial charge in [0.15, 0.2) is 0 Å². The average Bonchev–Trinajstić information content (AvgIpc) is 3.22. The number of benzene rings is 2. The third-order valence-electron chi connectivity index (χ3n) is 5.34. The molecule has 5 nitrogen and oxygen atoms in total. The highest BCUT2D eigenvalue weighted by Gasteiger charge is 2.15. The van der Waals surface area contributed by atoms with Crippen molar-refractivity contribution in [2.45, 2.75) is 39.5 Å². The topological polar surface area (TPSA) is 50.5 Å². The highest BCUT2D eigenvalue weighted by molar-refractivity contribution is 9.10. The fraction of sp³-hybridized carbons (Fsp3) is 0.348. The van der Waals surface area contributed by atoms with Crippen LogP contribution in [0.4, 0.5) is 5.69 Å². The summed E-state index contributed by atoms with van der Waals surface area (Å²) in [6.07, 6.45) is 4.27. The molecule has 29 heavy (non-hydrogen) atoms. The number of halogens is 1. The summed E-state index contributed by atoms with van der Waals surface area (Å²) in [6.45, 7) is 8.42. The van der Waals surface area contributed by atoms with Gasteiger partial charge in [0.1, 0.15) is 5.82 Å². The van der Waals surface area contributed by atoms with E-state index >= 15 is 0 Å². The Balaban J connectivity index is 1.74. The molecule has 1 fully saturated rings. The normalized spacial score (nSPS) is 14.6. The number of hydrogen-bond acceptors (Lipinski definition) is 4. The van der Waals surface area contributed by atoms with Gasteiger partial charge in [-0.15, -0.1) is 0 Å². The number of rotatable bonds is 4. The van der Waals surface area contributed by atoms with Gasteiger partial charge >= 0.3 is 0 Å². The highest BCUT2D eigenvalue weighted by Crippen LogP contribution is 2.25. The van der Waals surface area contributed by atoms with E-state index < -0.39 is 0 Å². The lowest BCUT2D eigenvalue weighted by atomic mass is 10.1. The Bertz CT molecular complexity index is 1140. The minimum absolute atomic E-state index is 0.0761. The molecule has 0 unspecified atom stereocenters. The van der Waals surface area contributed by atoms with E-state index in [0.29, 0.717) is 16.7 Å². The lowest BCUT2D eigenvalue weighted by Crippen LogP contribution is -2.23. The van der Waals surface area contributed by atoms with Crippen molar-refractivity contribution >= 4 is 38.7 Å². The Labute approximate surface area is 179 Å². The zero-order valence-corrected chi connectivity index (χ0v) is 18.6. The van der Waals surface area contributed by atoms with E-state index in [1.54, 1.807) is 12.3 Å². The third-order valence-corrected chi connectivity index (χ3v) is 5.83. The van der Waals surface area contributed by atoms with E-state index in [1.165, 1.54) is 28.8 Å². The van der Waals surface area contributed by atoms with Crippen molar-refractivity contribution < 1.29 is 0 Å². The van der Waals surface area contributed by atoms with Gasteiger partial charge in [-0.2, -0.15) is 9.78 Å². The number of fused-ring (bicyclic) bond motifs is 1. The summed E-state index contributed by atoms with van der Waals surface area (Å²) >= 11 is 3.44. The Hall–Kier alpha value is -2.47. The molecule has 2 heterocycles. The molecule has 0 spiro atoms. The Morgan fingerprint density at radius 3 is 2.59 bits per heavy atom. The number of aryl methyl sites for hydroxylation is 1. The van der Waals surface area contributed by atoms with Crippen LogP contribution >= 0.6 is 15.9 Å². The molecule has 0 amide bonds. The van der Waals surface area contributed by atoms with Gasteiger partial charge in [-0.05, 0) is 61.2 Å². The summed E-state index contributed by atoms with van der Waals surface area (Å²) < 4.78 is 2.29. The van der Waals surface area contributed by atoms with Crippen LogP contribution in [0.25, 0.3) is 10.9 Å². The summed E-state index contributed by atoms with van der Waals surface area (Å²) in [5.41, 5.74) is 4.03. The SMILES string of the molecule is Cc1cc(C=Nn2c(C(C)C)nc3ccc(Br)cc3c2=O)ccc1N1CCCC1. The van der Waals surface area contributed by atoms with E-state index in [-0.39, 0.29) is 11.5 Å². The van der Waals surface area contributed by atoms with Gasteiger partial charge in [0.05, 0.1) is 17.1 Å². The summed E-state index contributed by atoms with van der Waals surface area (Å²) in [7, 11) is 0. The van der Waals surface area contributed by atoms with Gasteiger partial charge in [-0.1, -0.05) is 35.8 Å². The fourth-order valence-corrected chi connectivity index (χ4v) is 4.21. The smallest absolute Gasteiger partial charge is 0.282 e. The van der Waals surface area contributed by atoms with Crippen LogP contribution in [0.15, 0.2) is 50.8 Å². The van der Waals surface area contributed by atoms with Crippen molar-refractivity contribution in [1.82, 2.24) is 9.66 Å². The van der Waals surface area contributed by atoms with Crippen LogP contribution in [0.5, 0.6) is 0 Å². The van der Waals surface area contributed by atoms with Gasteiger partial charge in [0, 0.05) is 29.2 Å². The Morgan fingerprint density at radius 2 is 1.90 bits per heavy atom. The molecule has 1 aliphatic heterocycles. The first-order valence-corrected chi connectivity index (χ1v) is 10.9. The number of aromatic nitrogens is 2. The van der Waals surface area contributed by atoms with Crippen molar-refractivity contribution in [3.63, 3.8) is 0 Å². The standard InChI is InChI=1S/C23H25BrN4O/c1-15(2)22-26-20-8-7-18(24)13-19(20)23(29)28(22)25-14-17-6-9-21(16(3)12-17)27-10-4-5-11-27/h6-9,12-15H,4-5,10-11H2,1-3H3. The fourth-order valence-electron chi connectivity index (χ4n) is 3.85. The van der Waals surface area contributed by atoms with E-state index in [2.05, 4.69) is 51.1 Å². The van der Waals surface area contributed by atoms with Crippen LogP contribution in [0.3, 0.4) is 0 Å².